The summed E-state index contributed by atoms with van der Waals surface area (Å²) in [4.78, 5) is 1.21. The monoisotopic (exact) mass is 321 g/mol. The molecule has 1 unspecified atom stereocenters. The molecule has 1 heterocycles. The van der Waals surface area contributed by atoms with Crippen molar-refractivity contribution in [3.63, 3.8) is 0 Å². The van der Waals surface area contributed by atoms with E-state index in [0.29, 0.717) is 0 Å². The lowest BCUT2D eigenvalue weighted by Crippen LogP contribution is -2.33. The Morgan fingerprint density at radius 1 is 1.44 bits per heavy atom. The van der Waals surface area contributed by atoms with Gasteiger partial charge in [-0.1, -0.05) is 37.8 Å². The molecule has 0 spiro atoms. The van der Waals surface area contributed by atoms with Crippen LogP contribution >= 0.6 is 38.9 Å². The van der Waals surface area contributed by atoms with Crippen molar-refractivity contribution in [3.8, 4) is 0 Å². The van der Waals surface area contributed by atoms with Crippen LogP contribution in [0.4, 0.5) is 0 Å². The average molecular weight is 323 g/mol. The number of rotatable bonds is 2. The van der Waals surface area contributed by atoms with E-state index in [1.807, 2.05) is 0 Å². The highest BCUT2D eigenvalue weighted by Gasteiger charge is 2.35. The quantitative estimate of drug-likeness (QED) is 0.802. The second-order valence-electron chi connectivity index (χ2n) is 4.96. The second kappa shape index (κ2) is 4.97. The maximum atomic E-state index is 6.42. The third-order valence-corrected chi connectivity index (χ3v) is 6.28. The van der Waals surface area contributed by atoms with Crippen LogP contribution in [-0.4, -0.2) is 0 Å². The van der Waals surface area contributed by atoms with Crippen molar-refractivity contribution in [1.29, 1.82) is 0 Å². The molecule has 0 aliphatic heterocycles. The van der Waals surface area contributed by atoms with E-state index in [1.165, 1.54) is 37.0 Å². The molecule has 1 saturated carbocycles. The molecule has 0 bridgehead atoms. The van der Waals surface area contributed by atoms with Crippen molar-refractivity contribution in [2.24, 2.45) is 11.1 Å². The van der Waals surface area contributed by atoms with Gasteiger partial charge >= 0.3 is 0 Å². The molecule has 1 aliphatic carbocycles. The van der Waals surface area contributed by atoms with Crippen LogP contribution in [0.25, 0.3) is 0 Å². The topological polar surface area (TPSA) is 26.0 Å². The highest BCUT2D eigenvalue weighted by Crippen LogP contribution is 2.47. The van der Waals surface area contributed by atoms with Crippen molar-refractivity contribution in [3.05, 3.63) is 19.8 Å². The van der Waals surface area contributed by atoms with Crippen molar-refractivity contribution < 1.29 is 0 Å². The molecule has 90 valence electrons. The van der Waals surface area contributed by atoms with Gasteiger partial charge in [-0.25, -0.2) is 0 Å². The zero-order valence-electron chi connectivity index (χ0n) is 9.43. The molecule has 2 rings (SSSR count). The first-order valence-corrected chi connectivity index (χ1v) is 7.72. The van der Waals surface area contributed by atoms with Crippen LogP contribution in [-0.2, 0) is 0 Å². The second-order valence-corrected chi connectivity index (χ2v) is 7.50. The van der Waals surface area contributed by atoms with Gasteiger partial charge in [0.25, 0.3) is 0 Å². The number of thiophene rings is 1. The fourth-order valence-electron chi connectivity index (χ4n) is 2.53. The van der Waals surface area contributed by atoms with Crippen molar-refractivity contribution in [2.75, 3.05) is 0 Å². The molecule has 1 aromatic heterocycles. The highest BCUT2D eigenvalue weighted by atomic mass is 79.9. The fourth-order valence-corrected chi connectivity index (χ4v) is 4.44. The highest BCUT2D eigenvalue weighted by molar-refractivity contribution is 9.10. The summed E-state index contributed by atoms with van der Waals surface area (Å²) in [6, 6.07) is 2.21. The van der Waals surface area contributed by atoms with Gasteiger partial charge in [0.05, 0.1) is 0 Å². The minimum absolute atomic E-state index is 0.126. The molecule has 1 atom stereocenters. The third-order valence-electron chi connectivity index (χ3n) is 3.72. The molecular weight excluding hydrogens is 306 g/mol. The Bertz CT molecular complexity index is 352. The van der Waals surface area contributed by atoms with E-state index in [2.05, 4.69) is 28.9 Å². The van der Waals surface area contributed by atoms with Crippen LogP contribution in [0.5, 0.6) is 0 Å². The average Bonchev–Trinajstić information content (AvgIpc) is 2.59. The Labute approximate surface area is 114 Å². The first kappa shape index (κ1) is 12.9. The molecule has 0 saturated heterocycles. The summed E-state index contributed by atoms with van der Waals surface area (Å²) in [6.45, 7) is 2.32. The number of hydrogen-bond acceptors (Lipinski definition) is 2. The van der Waals surface area contributed by atoms with E-state index >= 15 is 0 Å². The van der Waals surface area contributed by atoms with Gasteiger partial charge in [-0.3, -0.25) is 0 Å². The summed E-state index contributed by atoms with van der Waals surface area (Å²) in [5, 5.41) is 0. The third kappa shape index (κ3) is 2.47. The van der Waals surface area contributed by atoms with Gasteiger partial charge in [0.2, 0.25) is 0 Å². The maximum absolute atomic E-state index is 6.42. The largest absolute Gasteiger partial charge is 0.323 e. The van der Waals surface area contributed by atoms with E-state index in [-0.39, 0.29) is 11.5 Å². The van der Waals surface area contributed by atoms with Crippen LogP contribution in [0.15, 0.2) is 10.5 Å². The van der Waals surface area contributed by atoms with Crippen molar-refractivity contribution in [2.45, 2.75) is 45.1 Å². The zero-order chi connectivity index (χ0) is 11.8. The first-order valence-electron chi connectivity index (χ1n) is 5.73. The van der Waals surface area contributed by atoms with Gasteiger partial charge in [-0.05, 0) is 40.3 Å². The van der Waals surface area contributed by atoms with E-state index in [9.17, 15) is 0 Å². The molecule has 16 heavy (non-hydrogen) atoms. The normalized spacial score (nSPS) is 22.0. The van der Waals surface area contributed by atoms with E-state index in [0.717, 1.165) is 8.81 Å². The molecule has 1 aromatic rings. The first-order chi connectivity index (χ1) is 7.53. The molecule has 2 N–H and O–H groups in total. The predicted molar refractivity (Wildman–Crippen MR) is 75.1 cm³/mol. The van der Waals surface area contributed by atoms with Gasteiger partial charge < -0.3 is 5.73 Å². The summed E-state index contributed by atoms with van der Waals surface area (Å²) in [5.41, 5.74) is 6.67. The van der Waals surface area contributed by atoms with Crippen molar-refractivity contribution >= 4 is 38.9 Å². The van der Waals surface area contributed by atoms with E-state index in [1.54, 1.807) is 11.3 Å². The van der Waals surface area contributed by atoms with E-state index < -0.39 is 0 Å². The predicted octanol–water partition coefficient (Wildman–Crippen LogP) is 5.13. The van der Waals surface area contributed by atoms with Crippen LogP contribution in [0, 0.1) is 5.41 Å². The van der Waals surface area contributed by atoms with Crippen LogP contribution < -0.4 is 5.73 Å². The molecule has 1 aliphatic rings. The van der Waals surface area contributed by atoms with Gasteiger partial charge in [-0.15, -0.1) is 11.3 Å². The molecule has 1 nitrogen and oxygen atoms in total. The SMILES string of the molecule is CC1(C(N)c2cc(Br)c(Cl)s2)CCCCC1. The van der Waals surface area contributed by atoms with Crippen molar-refractivity contribution in [1.82, 2.24) is 0 Å². The minimum atomic E-state index is 0.126. The number of nitrogens with two attached hydrogens (primary N) is 1. The molecular formula is C12H17BrClNS. The van der Waals surface area contributed by atoms with Crippen LogP contribution in [0.2, 0.25) is 4.34 Å². The zero-order valence-corrected chi connectivity index (χ0v) is 12.6. The molecule has 0 amide bonds. The summed E-state index contributed by atoms with van der Waals surface area (Å²) < 4.78 is 1.79. The molecule has 0 aromatic carbocycles. The minimum Gasteiger partial charge on any atom is -0.323 e. The standard InChI is InChI=1S/C12H17BrClNS/c1-12(5-3-2-4-6-12)10(15)9-7-8(13)11(14)16-9/h7,10H,2-6,15H2,1H3. The Balaban J connectivity index is 2.20. The molecule has 0 radical (unpaired) electrons. The maximum Gasteiger partial charge on any atom is 0.107 e. The van der Waals surface area contributed by atoms with Gasteiger partial charge in [0.1, 0.15) is 4.34 Å². The van der Waals surface area contributed by atoms with Crippen LogP contribution in [0.1, 0.15) is 49.9 Å². The summed E-state index contributed by atoms with van der Waals surface area (Å²) in [5.74, 6) is 0. The summed E-state index contributed by atoms with van der Waals surface area (Å²) in [7, 11) is 0. The summed E-state index contributed by atoms with van der Waals surface area (Å²) in [6.07, 6.45) is 6.45. The van der Waals surface area contributed by atoms with Crippen LogP contribution in [0.3, 0.4) is 0 Å². The lowest BCUT2D eigenvalue weighted by Gasteiger charge is -2.38. The van der Waals surface area contributed by atoms with E-state index in [4.69, 9.17) is 17.3 Å². The molecule has 1 fully saturated rings. The Kier molecular flexibility index (Phi) is 4.00. The lowest BCUT2D eigenvalue weighted by molar-refractivity contribution is 0.172. The van der Waals surface area contributed by atoms with Gasteiger partial charge in [0, 0.05) is 15.4 Å². The fraction of sp³-hybridized carbons (Fsp3) is 0.667. The Hall–Kier alpha value is 0.430. The summed E-state index contributed by atoms with van der Waals surface area (Å²) >= 11 is 11.1. The number of halogens is 2. The molecule has 4 heteroatoms. The lowest BCUT2D eigenvalue weighted by atomic mass is 9.70. The number of hydrogen-bond donors (Lipinski definition) is 1. The van der Waals surface area contributed by atoms with Gasteiger partial charge in [-0.2, -0.15) is 0 Å². The Morgan fingerprint density at radius 3 is 2.56 bits per heavy atom. The smallest absolute Gasteiger partial charge is 0.107 e. The Morgan fingerprint density at radius 2 is 2.06 bits per heavy atom. The van der Waals surface area contributed by atoms with Gasteiger partial charge in [0.15, 0.2) is 0 Å².